The number of aryl methyl sites for hydroxylation is 1. The second kappa shape index (κ2) is 5.21. The number of H-pyrrole nitrogens is 1. The van der Waals surface area contributed by atoms with Crippen molar-refractivity contribution in [3.8, 4) is 0 Å². The van der Waals surface area contributed by atoms with Crippen molar-refractivity contribution in [2.75, 3.05) is 31.7 Å². The van der Waals surface area contributed by atoms with Crippen LogP contribution in [0.1, 0.15) is 5.82 Å². The molecule has 0 fully saturated rings. The van der Waals surface area contributed by atoms with Gasteiger partial charge in [0.25, 0.3) is 0 Å². The van der Waals surface area contributed by atoms with Gasteiger partial charge in [-0.25, -0.2) is 32.0 Å². The van der Waals surface area contributed by atoms with Crippen molar-refractivity contribution >= 4 is 21.5 Å². The molecule has 0 amide bonds. The fourth-order valence-corrected chi connectivity index (χ4v) is 2.40. The highest BCUT2D eigenvalue weighted by Gasteiger charge is 2.13. The number of aromatic amines is 1. The summed E-state index contributed by atoms with van der Waals surface area (Å²) in [6.45, 7) is 1.89. The second-order valence-corrected chi connectivity index (χ2v) is 6.74. The lowest BCUT2D eigenvalue weighted by Crippen LogP contribution is -2.28. The van der Waals surface area contributed by atoms with Gasteiger partial charge in [0.2, 0.25) is 10.0 Å². The summed E-state index contributed by atoms with van der Waals surface area (Å²) in [7, 11) is -0.279. The fourth-order valence-electron chi connectivity index (χ4n) is 1.68. The molecule has 0 bridgehead atoms. The smallest absolute Gasteiger partial charge is 0.349 e. The number of nitrogens with zero attached hydrogens (tertiary/aromatic N) is 4. The van der Waals surface area contributed by atoms with Crippen molar-refractivity contribution in [2.45, 2.75) is 6.92 Å². The Labute approximate surface area is 115 Å². The average molecular weight is 300 g/mol. The average Bonchev–Trinajstić information content (AvgIpc) is 2.71. The standard InChI is InChI=1S/C10H16N6O3S/c1-7-12-8(6-9-13-14-10(17)16(7)9)11-4-5-20(18,19)15(2)3/h6,11H,4-5H2,1-3H3,(H,14,17). The highest BCUT2D eigenvalue weighted by atomic mass is 32.2. The first-order chi connectivity index (χ1) is 9.31. The number of aromatic nitrogens is 4. The van der Waals surface area contributed by atoms with E-state index in [9.17, 15) is 13.2 Å². The topological polar surface area (TPSA) is 112 Å². The van der Waals surface area contributed by atoms with E-state index in [1.54, 1.807) is 13.0 Å². The molecule has 0 unspecified atom stereocenters. The van der Waals surface area contributed by atoms with E-state index >= 15 is 0 Å². The normalized spacial score (nSPS) is 12.2. The van der Waals surface area contributed by atoms with E-state index in [2.05, 4.69) is 20.5 Å². The summed E-state index contributed by atoms with van der Waals surface area (Å²) in [4.78, 5) is 15.6. The Hall–Kier alpha value is -1.94. The summed E-state index contributed by atoms with van der Waals surface area (Å²) in [5.41, 5.74) is 0.0761. The summed E-state index contributed by atoms with van der Waals surface area (Å²) < 4.78 is 25.7. The van der Waals surface area contributed by atoms with Crippen molar-refractivity contribution in [3.63, 3.8) is 0 Å². The molecule has 0 saturated carbocycles. The van der Waals surface area contributed by atoms with Gasteiger partial charge >= 0.3 is 5.69 Å². The first kappa shape index (κ1) is 14.5. The van der Waals surface area contributed by atoms with E-state index < -0.39 is 10.0 Å². The Balaban J connectivity index is 2.14. The van der Waals surface area contributed by atoms with E-state index in [1.807, 2.05) is 0 Å². The lowest BCUT2D eigenvalue weighted by molar-refractivity contribution is 0.521. The van der Waals surface area contributed by atoms with Crippen LogP contribution >= 0.6 is 0 Å². The molecule has 110 valence electrons. The minimum atomic E-state index is -3.25. The first-order valence-corrected chi connectivity index (χ1v) is 7.51. The van der Waals surface area contributed by atoms with Crippen molar-refractivity contribution in [1.29, 1.82) is 0 Å². The van der Waals surface area contributed by atoms with Crippen molar-refractivity contribution in [2.24, 2.45) is 0 Å². The predicted molar refractivity (Wildman–Crippen MR) is 74.3 cm³/mol. The maximum absolute atomic E-state index is 11.6. The van der Waals surface area contributed by atoms with Crippen LogP contribution in [-0.4, -0.2) is 58.7 Å². The molecule has 0 aliphatic carbocycles. The molecule has 0 aliphatic rings. The minimum absolute atomic E-state index is 0.0424. The van der Waals surface area contributed by atoms with Gasteiger partial charge in [-0.3, -0.25) is 0 Å². The third kappa shape index (κ3) is 2.80. The molecule has 0 spiro atoms. The van der Waals surface area contributed by atoms with Crippen LogP contribution in [0.4, 0.5) is 5.82 Å². The molecule has 20 heavy (non-hydrogen) atoms. The molecule has 0 saturated heterocycles. The Bertz CT molecular complexity index is 776. The van der Waals surface area contributed by atoms with Crippen LogP contribution in [0.5, 0.6) is 0 Å². The Morgan fingerprint density at radius 1 is 1.45 bits per heavy atom. The van der Waals surface area contributed by atoms with E-state index in [1.165, 1.54) is 22.8 Å². The van der Waals surface area contributed by atoms with E-state index in [0.29, 0.717) is 17.3 Å². The number of fused-ring (bicyclic) bond motifs is 1. The number of hydrogen-bond donors (Lipinski definition) is 2. The number of anilines is 1. The minimum Gasteiger partial charge on any atom is -0.369 e. The highest BCUT2D eigenvalue weighted by molar-refractivity contribution is 7.89. The lowest BCUT2D eigenvalue weighted by atomic mass is 10.5. The second-order valence-electron chi connectivity index (χ2n) is 4.44. The van der Waals surface area contributed by atoms with Gasteiger partial charge in [0.05, 0.1) is 5.75 Å². The van der Waals surface area contributed by atoms with Gasteiger partial charge in [0.1, 0.15) is 11.6 Å². The summed E-state index contributed by atoms with van der Waals surface area (Å²) in [5.74, 6) is 0.904. The molecule has 0 aliphatic heterocycles. The zero-order chi connectivity index (χ0) is 14.9. The molecule has 2 aromatic heterocycles. The molecular formula is C10H16N6O3S. The van der Waals surface area contributed by atoms with Crippen LogP contribution in [0.15, 0.2) is 10.9 Å². The molecule has 2 heterocycles. The van der Waals surface area contributed by atoms with Crippen LogP contribution in [0.25, 0.3) is 5.65 Å². The summed E-state index contributed by atoms with van der Waals surface area (Å²) in [6, 6.07) is 1.58. The van der Waals surface area contributed by atoms with Gasteiger partial charge < -0.3 is 5.32 Å². The van der Waals surface area contributed by atoms with Crippen LogP contribution in [-0.2, 0) is 10.0 Å². The fraction of sp³-hybridized carbons (Fsp3) is 0.500. The van der Waals surface area contributed by atoms with Crippen LogP contribution in [0.2, 0.25) is 0 Å². The van der Waals surface area contributed by atoms with Crippen LogP contribution in [0, 0.1) is 6.92 Å². The van der Waals surface area contributed by atoms with Gasteiger partial charge in [-0.05, 0) is 6.92 Å². The van der Waals surface area contributed by atoms with Gasteiger partial charge in [-0.1, -0.05) is 0 Å². The lowest BCUT2D eigenvalue weighted by Gasteiger charge is -2.12. The number of hydrogen-bond acceptors (Lipinski definition) is 6. The summed E-state index contributed by atoms with van der Waals surface area (Å²) >= 11 is 0. The molecule has 0 radical (unpaired) electrons. The van der Waals surface area contributed by atoms with Gasteiger partial charge in [0, 0.05) is 26.7 Å². The molecule has 10 heteroatoms. The van der Waals surface area contributed by atoms with Crippen LogP contribution in [0.3, 0.4) is 0 Å². The predicted octanol–water partition coefficient (Wildman–Crippen LogP) is -0.971. The van der Waals surface area contributed by atoms with E-state index in [-0.39, 0.29) is 18.0 Å². The van der Waals surface area contributed by atoms with Gasteiger partial charge in [-0.2, -0.15) is 5.10 Å². The SMILES string of the molecule is Cc1nc(NCCS(=O)(=O)N(C)C)cc2n[nH]c(=O)n12. The number of rotatable bonds is 5. The third-order valence-corrected chi connectivity index (χ3v) is 4.63. The van der Waals surface area contributed by atoms with Crippen LogP contribution < -0.4 is 11.0 Å². The molecule has 0 aromatic carbocycles. The maximum Gasteiger partial charge on any atom is 0.349 e. The largest absolute Gasteiger partial charge is 0.369 e. The first-order valence-electron chi connectivity index (χ1n) is 5.90. The highest BCUT2D eigenvalue weighted by Crippen LogP contribution is 2.07. The molecular weight excluding hydrogens is 284 g/mol. The van der Waals surface area contributed by atoms with Crippen molar-refractivity contribution < 1.29 is 8.42 Å². The zero-order valence-corrected chi connectivity index (χ0v) is 12.2. The molecule has 9 nitrogen and oxygen atoms in total. The van der Waals surface area contributed by atoms with Gasteiger partial charge in [0.15, 0.2) is 5.65 Å². The quantitative estimate of drug-likeness (QED) is 0.734. The molecule has 2 rings (SSSR count). The Morgan fingerprint density at radius 3 is 2.80 bits per heavy atom. The summed E-state index contributed by atoms with van der Waals surface area (Å²) in [5, 5.41) is 9.08. The monoisotopic (exact) mass is 300 g/mol. The third-order valence-electron chi connectivity index (χ3n) is 2.79. The van der Waals surface area contributed by atoms with Crippen molar-refractivity contribution in [1.82, 2.24) is 23.9 Å². The van der Waals surface area contributed by atoms with E-state index in [0.717, 1.165) is 0 Å². The zero-order valence-electron chi connectivity index (χ0n) is 11.4. The maximum atomic E-state index is 11.6. The molecule has 0 atom stereocenters. The summed E-state index contributed by atoms with van der Waals surface area (Å²) in [6.07, 6.45) is 0. The molecule has 2 aromatic rings. The van der Waals surface area contributed by atoms with E-state index in [4.69, 9.17) is 0 Å². The Morgan fingerprint density at radius 2 is 2.15 bits per heavy atom. The Kier molecular flexibility index (Phi) is 3.77. The molecule has 2 N–H and O–H groups in total. The number of nitrogens with one attached hydrogen (secondary N) is 2. The van der Waals surface area contributed by atoms with Crippen molar-refractivity contribution in [3.05, 3.63) is 22.4 Å². The van der Waals surface area contributed by atoms with Gasteiger partial charge in [-0.15, -0.1) is 0 Å². The number of sulfonamides is 1.